The Morgan fingerprint density at radius 1 is 1.28 bits per heavy atom. The van der Waals surface area contributed by atoms with E-state index in [2.05, 4.69) is 14.6 Å². The molecule has 1 aliphatic rings. The average molecular weight is 567 g/mol. The molecule has 39 heavy (non-hydrogen) atoms. The van der Waals surface area contributed by atoms with E-state index in [0.717, 1.165) is 36.3 Å². The Morgan fingerprint density at radius 3 is 2.77 bits per heavy atom. The van der Waals surface area contributed by atoms with Crippen molar-refractivity contribution in [2.24, 2.45) is 0 Å². The van der Waals surface area contributed by atoms with Crippen LogP contribution in [0, 0.1) is 5.82 Å². The Kier molecular flexibility index (Phi) is 8.46. The second-order valence-electron chi connectivity index (χ2n) is 9.49. The quantitative estimate of drug-likeness (QED) is 0.215. The van der Waals surface area contributed by atoms with Gasteiger partial charge in [0.05, 0.1) is 23.5 Å². The first-order valence-electron chi connectivity index (χ1n) is 12.8. The number of hydrogen-bond acceptors (Lipinski definition) is 7. The maximum absolute atomic E-state index is 13.6. The van der Waals surface area contributed by atoms with E-state index >= 15 is 0 Å². The smallest absolute Gasteiger partial charge is 0.255 e. The molecule has 1 unspecified atom stereocenters. The molecule has 204 valence electrons. The van der Waals surface area contributed by atoms with Crippen molar-refractivity contribution in [3.8, 4) is 11.3 Å². The number of pyridine rings is 1. The van der Waals surface area contributed by atoms with Crippen LogP contribution in [0.4, 0.5) is 10.1 Å². The van der Waals surface area contributed by atoms with Gasteiger partial charge in [-0.15, -0.1) is 4.31 Å². The maximum Gasteiger partial charge on any atom is 0.255 e. The molecule has 1 aliphatic heterocycles. The van der Waals surface area contributed by atoms with Gasteiger partial charge in [0.15, 0.2) is 5.75 Å². The minimum absolute atomic E-state index is 0.113. The minimum Gasteiger partial charge on any atom is -0.598 e. The van der Waals surface area contributed by atoms with Gasteiger partial charge in [-0.3, -0.25) is 9.78 Å². The highest BCUT2D eigenvalue weighted by Gasteiger charge is 2.32. The van der Waals surface area contributed by atoms with Crippen molar-refractivity contribution >= 4 is 45.9 Å². The van der Waals surface area contributed by atoms with Crippen LogP contribution in [0.15, 0.2) is 65.2 Å². The molecule has 3 heterocycles. The lowest BCUT2D eigenvalue weighted by atomic mass is 9.89. The zero-order valence-electron chi connectivity index (χ0n) is 22.1. The number of halogens is 1. The SMILES string of the molecule is CNC(=O)c1c(-c2ccc(F)cc2)oc2cc(N(C)SC)c([C@H]3CCCN([S+]([O-])Cc4ccccn4)C3)cc12. The normalized spacial score (nSPS) is 16.8. The molecule has 7 nitrogen and oxygen atoms in total. The topological polar surface area (TPSA) is 84.7 Å². The first kappa shape index (κ1) is 27.5. The van der Waals surface area contributed by atoms with Crippen molar-refractivity contribution in [3.05, 3.63) is 83.4 Å². The number of nitrogens with one attached hydrogen (secondary N) is 1. The van der Waals surface area contributed by atoms with Gasteiger partial charge in [-0.05, 0) is 60.9 Å². The molecule has 2 aromatic carbocycles. The zero-order valence-corrected chi connectivity index (χ0v) is 23.8. The molecule has 2 atom stereocenters. The fourth-order valence-electron chi connectivity index (χ4n) is 5.08. The number of carbonyl (C=O) groups is 1. The number of anilines is 1. The minimum atomic E-state index is -1.20. The van der Waals surface area contributed by atoms with Crippen molar-refractivity contribution in [1.29, 1.82) is 0 Å². The second kappa shape index (κ2) is 12.0. The molecule has 1 fully saturated rings. The van der Waals surface area contributed by atoms with Crippen LogP contribution in [0.1, 0.15) is 40.4 Å². The van der Waals surface area contributed by atoms with E-state index in [9.17, 15) is 13.7 Å². The number of piperidine rings is 1. The predicted molar refractivity (Wildman–Crippen MR) is 157 cm³/mol. The van der Waals surface area contributed by atoms with Crippen LogP contribution in [0.5, 0.6) is 0 Å². The van der Waals surface area contributed by atoms with Gasteiger partial charge in [-0.1, -0.05) is 18.0 Å². The zero-order chi connectivity index (χ0) is 27.5. The number of aromatic nitrogens is 1. The molecule has 0 bridgehead atoms. The number of carbonyl (C=O) groups excluding carboxylic acids is 1. The third-order valence-electron chi connectivity index (χ3n) is 7.12. The number of furan rings is 1. The van der Waals surface area contributed by atoms with E-state index < -0.39 is 11.4 Å². The number of hydrogen-bond donors (Lipinski definition) is 1. The average Bonchev–Trinajstić information content (AvgIpc) is 3.35. The summed E-state index contributed by atoms with van der Waals surface area (Å²) in [5, 5.41) is 3.43. The summed E-state index contributed by atoms with van der Waals surface area (Å²) in [5.74, 6) is 0.271. The molecule has 1 amide bonds. The standard InChI is InChI=1S/C29H31FN4O3S2/c1-31-29(35)27-24-15-23(20-7-6-14-34(17-20)39(36)18-22-8-4-5-13-32-22)25(33(2)38-3)16-26(24)37-28(27)19-9-11-21(30)12-10-19/h4-5,8-13,15-16,20H,6-7,14,17-18H2,1-3H3,(H,31,35)/t20-,39?/m0/s1. The molecular formula is C29H31FN4O3S2. The van der Waals surface area contributed by atoms with Gasteiger partial charge in [0.2, 0.25) is 0 Å². The molecule has 1 saturated heterocycles. The summed E-state index contributed by atoms with van der Waals surface area (Å²) in [4.78, 5) is 17.5. The third-order valence-corrected chi connectivity index (χ3v) is 9.32. The summed E-state index contributed by atoms with van der Waals surface area (Å²) in [5.41, 5.74) is 4.50. The molecule has 0 radical (unpaired) electrons. The van der Waals surface area contributed by atoms with Gasteiger partial charge in [-0.25, -0.2) is 4.39 Å². The Labute approximate surface area is 235 Å². The van der Waals surface area contributed by atoms with Gasteiger partial charge in [0.25, 0.3) is 5.91 Å². The summed E-state index contributed by atoms with van der Waals surface area (Å²) in [7, 11) is 3.58. The number of rotatable bonds is 8. The van der Waals surface area contributed by atoms with E-state index in [1.807, 2.05) is 47.9 Å². The lowest BCUT2D eigenvalue weighted by molar-refractivity contribution is 0.0964. The van der Waals surface area contributed by atoms with Gasteiger partial charge < -0.3 is 18.6 Å². The summed E-state index contributed by atoms with van der Waals surface area (Å²) in [6.07, 6.45) is 5.58. The van der Waals surface area contributed by atoms with Crippen molar-refractivity contribution < 1.29 is 18.2 Å². The Hall–Kier alpha value is -3.05. The van der Waals surface area contributed by atoms with Gasteiger partial charge >= 0.3 is 0 Å². The van der Waals surface area contributed by atoms with Gasteiger partial charge in [0, 0.05) is 67.4 Å². The summed E-state index contributed by atoms with van der Waals surface area (Å²) in [6.45, 7) is 1.40. The van der Waals surface area contributed by atoms with E-state index in [-0.39, 0.29) is 17.6 Å². The van der Waals surface area contributed by atoms with Crippen LogP contribution in [-0.2, 0) is 17.1 Å². The molecule has 0 saturated carbocycles. The fraction of sp³-hybridized carbons (Fsp3) is 0.310. The van der Waals surface area contributed by atoms with Crippen LogP contribution in [-0.4, -0.2) is 53.2 Å². The van der Waals surface area contributed by atoms with Crippen LogP contribution in [0.3, 0.4) is 0 Å². The number of nitrogens with zero attached hydrogens (tertiary/aromatic N) is 3. The fourth-order valence-corrected chi connectivity index (χ4v) is 6.72. The van der Waals surface area contributed by atoms with E-state index in [4.69, 9.17) is 4.42 Å². The monoisotopic (exact) mass is 566 g/mol. The maximum atomic E-state index is 13.6. The Morgan fingerprint density at radius 2 is 2.08 bits per heavy atom. The van der Waals surface area contributed by atoms with Gasteiger partial charge in [-0.2, -0.15) is 0 Å². The molecule has 10 heteroatoms. The Bertz CT molecular complexity index is 1450. The molecule has 0 spiro atoms. The van der Waals surface area contributed by atoms with Crippen molar-refractivity contribution in [1.82, 2.24) is 14.6 Å². The number of benzene rings is 2. The molecule has 1 N–H and O–H groups in total. The first-order chi connectivity index (χ1) is 18.9. The molecule has 5 rings (SSSR count). The van der Waals surface area contributed by atoms with Crippen LogP contribution in [0.25, 0.3) is 22.3 Å². The number of amides is 1. The van der Waals surface area contributed by atoms with Crippen LogP contribution < -0.4 is 9.62 Å². The van der Waals surface area contributed by atoms with Crippen molar-refractivity contribution in [3.63, 3.8) is 0 Å². The summed E-state index contributed by atoms with van der Waals surface area (Å²) >= 11 is 0.387. The second-order valence-corrected chi connectivity index (χ2v) is 11.9. The number of fused-ring (bicyclic) bond motifs is 1. The van der Waals surface area contributed by atoms with Crippen molar-refractivity contribution in [2.45, 2.75) is 24.5 Å². The molecule has 4 aromatic rings. The highest BCUT2D eigenvalue weighted by molar-refractivity contribution is 7.99. The largest absolute Gasteiger partial charge is 0.598 e. The molecule has 0 aliphatic carbocycles. The third kappa shape index (κ3) is 5.79. The predicted octanol–water partition coefficient (Wildman–Crippen LogP) is 5.75. The van der Waals surface area contributed by atoms with E-state index in [0.29, 0.717) is 40.2 Å². The van der Waals surface area contributed by atoms with Crippen LogP contribution >= 0.6 is 11.9 Å². The van der Waals surface area contributed by atoms with Crippen LogP contribution in [0.2, 0.25) is 0 Å². The lowest BCUT2D eigenvalue weighted by Gasteiger charge is -2.34. The molecular weight excluding hydrogens is 535 g/mol. The Balaban J connectivity index is 1.56. The highest BCUT2D eigenvalue weighted by Crippen LogP contribution is 2.42. The summed E-state index contributed by atoms with van der Waals surface area (Å²) < 4.78 is 37.3. The van der Waals surface area contributed by atoms with E-state index in [1.165, 1.54) is 12.1 Å². The van der Waals surface area contributed by atoms with Crippen molar-refractivity contribution in [2.75, 3.05) is 37.7 Å². The lowest BCUT2D eigenvalue weighted by Crippen LogP contribution is -2.40. The highest BCUT2D eigenvalue weighted by atomic mass is 32.2. The van der Waals surface area contributed by atoms with Gasteiger partial charge in [0.1, 0.15) is 17.2 Å². The first-order valence-corrected chi connectivity index (χ1v) is 15.2. The molecule has 2 aromatic heterocycles. The summed E-state index contributed by atoms with van der Waals surface area (Å²) in [6, 6.07) is 15.6. The van der Waals surface area contributed by atoms with E-state index in [1.54, 1.807) is 37.3 Å².